The molecule has 2 rings (SSSR count). The first kappa shape index (κ1) is 22.1. The molecule has 4 heteroatoms. The Bertz CT molecular complexity index is 525. The van der Waals surface area contributed by atoms with Gasteiger partial charge in [0.25, 0.3) is 0 Å². The Kier molecular flexibility index (Phi) is 9.49. The van der Waals surface area contributed by atoms with Gasteiger partial charge in [-0.25, -0.2) is 0 Å². The molecule has 0 aliphatic carbocycles. The molecule has 0 nitrogen and oxygen atoms in total. The van der Waals surface area contributed by atoms with Crippen LogP contribution in [0, 0.1) is 0 Å². The maximum Gasteiger partial charge on any atom is 1.00 e. The normalized spacial score (nSPS) is 11.8. The van der Waals surface area contributed by atoms with Crippen molar-refractivity contribution >= 4 is 34.1 Å². The van der Waals surface area contributed by atoms with Crippen molar-refractivity contribution in [3.05, 3.63) is 60.7 Å². The van der Waals surface area contributed by atoms with E-state index in [9.17, 15) is 0 Å². The van der Waals surface area contributed by atoms with Crippen LogP contribution in [0.4, 0.5) is 0 Å². The summed E-state index contributed by atoms with van der Waals surface area (Å²) in [4.78, 5) is 0. The maximum absolute atomic E-state index is 2.46. The van der Waals surface area contributed by atoms with Gasteiger partial charge in [-0.2, -0.15) is 0 Å². The van der Waals surface area contributed by atoms with Crippen molar-refractivity contribution in [1.82, 2.24) is 0 Å². The first-order valence-corrected chi connectivity index (χ1v) is 17.6. The largest absolute Gasteiger partial charge is 1.00 e. The number of rotatable bonds is 8. The summed E-state index contributed by atoms with van der Waals surface area (Å²) < 4.78 is 0. The zero-order valence-electron chi connectivity index (χ0n) is 16.2. The molecule has 0 unspecified atom stereocenters. The topological polar surface area (TPSA) is 0 Å². The Balaban J connectivity index is 0.00000288. The molecule has 2 aromatic rings. The van der Waals surface area contributed by atoms with Gasteiger partial charge in [-0.1, -0.05) is 138 Å². The van der Waals surface area contributed by atoms with Crippen LogP contribution < -0.4 is 39.9 Å². The molecule has 24 heavy (non-hydrogen) atoms. The number of hydrogen-bond acceptors (Lipinski definition) is 0. The van der Waals surface area contributed by atoms with E-state index in [1.807, 2.05) is 0 Å². The van der Waals surface area contributed by atoms with Crippen LogP contribution in [-0.2, 0) is 0 Å². The fraction of sp³-hybridized carbons (Fsp3) is 0.400. The summed E-state index contributed by atoms with van der Waals surface area (Å²) in [6, 6.07) is 28.7. The summed E-state index contributed by atoms with van der Waals surface area (Å²) in [5.41, 5.74) is 0. The Morgan fingerprint density at radius 1 is 0.583 bits per heavy atom. The monoisotopic (exact) mass is 378 g/mol. The molecule has 2 aromatic carbocycles. The zero-order chi connectivity index (χ0) is 16.8. The van der Waals surface area contributed by atoms with Crippen LogP contribution >= 0.6 is 0 Å². The van der Waals surface area contributed by atoms with E-state index in [0.717, 1.165) is 0 Å². The predicted molar refractivity (Wildman–Crippen MR) is 113 cm³/mol. The molecule has 0 aliphatic heterocycles. The minimum atomic E-state index is -1.33. The van der Waals surface area contributed by atoms with Gasteiger partial charge in [-0.3, -0.25) is 8.55 Å². The fourth-order valence-corrected chi connectivity index (χ4v) is 38.2. The first-order chi connectivity index (χ1) is 11.2. The Morgan fingerprint density at radius 3 is 1.12 bits per heavy atom. The van der Waals surface area contributed by atoms with Gasteiger partial charge in [-0.05, 0) is 0 Å². The molecule has 0 fully saturated rings. The van der Waals surface area contributed by atoms with Crippen molar-refractivity contribution in [3.8, 4) is 0 Å². The third-order valence-electron chi connectivity index (χ3n) is 5.77. The smallest absolute Gasteiger partial charge is 0.260 e. The molecule has 0 radical (unpaired) electrons. The Labute approximate surface area is 175 Å². The van der Waals surface area contributed by atoms with Crippen LogP contribution in [0.5, 0.6) is 0 Å². The molecule has 0 spiro atoms. The van der Waals surface area contributed by atoms with Crippen molar-refractivity contribution in [2.75, 3.05) is 0 Å². The van der Waals surface area contributed by atoms with Crippen LogP contribution in [0.2, 0.25) is 24.2 Å². The molecule has 0 amide bonds. The van der Waals surface area contributed by atoms with E-state index < -0.39 is 15.2 Å². The van der Waals surface area contributed by atoms with Crippen LogP contribution in [0.15, 0.2) is 60.7 Å². The van der Waals surface area contributed by atoms with Crippen LogP contribution in [0.25, 0.3) is 0 Å². The van der Waals surface area contributed by atoms with Gasteiger partial charge in [-0.15, -0.1) is 0 Å². The number of hydrogen-bond donors (Lipinski definition) is 0. The van der Waals surface area contributed by atoms with Crippen molar-refractivity contribution in [2.24, 2.45) is 0 Å². The summed E-state index contributed by atoms with van der Waals surface area (Å²) in [7, 11) is -2.12. The molecule has 0 aliphatic rings. The molecule has 0 aromatic heterocycles. The van der Waals surface area contributed by atoms with E-state index >= 15 is 0 Å². The molecule has 0 saturated carbocycles. The third kappa shape index (κ3) is 4.63. The average molecular weight is 379 g/mol. The van der Waals surface area contributed by atoms with E-state index in [-0.39, 0.29) is 29.6 Å². The van der Waals surface area contributed by atoms with E-state index in [4.69, 9.17) is 0 Å². The molecule has 0 bridgehead atoms. The maximum atomic E-state index is 2.46. The zero-order valence-corrected chi connectivity index (χ0v) is 21.3. The van der Waals surface area contributed by atoms with Crippen molar-refractivity contribution in [3.63, 3.8) is 0 Å². The van der Waals surface area contributed by atoms with Crippen LogP contribution in [0.1, 0.15) is 27.7 Å². The van der Waals surface area contributed by atoms with E-state index in [0.29, 0.717) is 8.55 Å². The Morgan fingerprint density at radius 2 is 0.875 bits per heavy atom. The van der Waals surface area contributed by atoms with Crippen molar-refractivity contribution in [2.45, 2.75) is 51.9 Å². The minimum Gasteiger partial charge on any atom is -0.260 e. The second-order valence-corrected chi connectivity index (χ2v) is 25.6. The van der Waals surface area contributed by atoms with Crippen molar-refractivity contribution < 1.29 is 29.6 Å². The summed E-state index contributed by atoms with van der Waals surface area (Å²) in [6.07, 6.45) is 0. The van der Waals surface area contributed by atoms with Gasteiger partial charge in [0.15, 0.2) is 0 Å². The van der Waals surface area contributed by atoms with Gasteiger partial charge in [0.1, 0.15) is 0 Å². The predicted octanol–water partition coefficient (Wildman–Crippen LogP) is 1.21. The number of benzene rings is 2. The van der Waals surface area contributed by atoms with Gasteiger partial charge < -0.3 is 0 Å². The second kappa shape index (κ2) is 10.3. The SMILES string of the molecule is CC[Si](CC)([SiH-][Si](CC)(CC)c1ccccc1)c1ccccc1.[Na+]. The van der Waals surface area contributed by atoms with E-state index in [2.05, 4.69) is 88.4 Å². The van der Waals surface area contributed by atoms with Gasteiger partial charge in [0, 0.05) is 0 Å². The van der Waals surface area contributed by atoms with Gasteiger partial charge in [0.05, 0.1) is 0 Å². The summed E-state index contributed by atoms with van der Waals surface area (Å²) in [6.45, 7) is 9.85. The Hall–Kier alpha value is 0.0906. The third-order valence-corrected chi connectivity index (χ3v) is 35.1. The van der Waals surface area contributed by atoms with E-state index in [1.165, 1.54) is 24.2 Å². The summed E-state index contributed by atoms with van der Waals surface area (Å²) in [5, 5.41) is 3.43. The van der Waals surface area contributed by atoms with Crippen LogP contribution in [0.3, 0.4) is 0 Å². The molecule has 124 valence electrons. The van der Waals surface area contributed by atoms with E-state index in [1.54, 1.807) is 10.4 Å². The summed E-state index contributed by atoms with van der Waals surface area (Å²) >= 11 is 0. The average Bonchev–Trinajstić information content (AvgIpc) is 2.65. The molecular formula is C20H31NaSi3. The summed E-state index contributed by atoms with van der Waals surface area (Å²) in [5.74, 6) is 0. The molecule has 0 atom stereocenters. The van der Waals surface area contributed by atoms with Crippen molar-refractivity contribution in [1.29, 1.82) is 0 Å². The quantitative estimate of drug-likeness (QED) is 0.606. The standard InChI is InChI=1S/C20H31Si3.Na/c1-5-22(6-2,19-15-11-9-12-16-19)21-23(7-3,8-4)20-17-13-10-14-18-20;/h9-18,21H,5-8H2,1-4H3;/q-1;+1. The molecule has 0 N–H and O–H groups in total. The second-order valence-electron chi connectivity index (χ2n) is 6.60. The molecule has 0 heterocycles. The molecule has 0 saturated heterocycles. The van der Waals surface area contributed by atoms with Crippen LogP contribution in [-0.4, -0.2) is 23.7 Å². The minimum absolute atomic E-state index is 0. The fourth-order valence-electron chi connectivity index (χ4n) is 3.96. The first-order valence-electron chi connectivity index (χ1n) is 9.14. The van der Waals surface area contributed by atoms with Gasteiger partial charge in [0.2, 0.25) is 0 Å². The van der Waals surface area contributed by atoms with Gasteiger partial charge >= 0.3 is 29.6 Å². The molecular weight excluding hydrogens is 347 g/mol.